The molecule has 1 unspecified atom stereocenters. The highest BCUT2D eigenvalue weighted by molar-refractivity contribution is 5.81. The fraction of sp³-hybridized carbons (Fsp3) is 0.381. The molecule has 0 aromatic heterocycles. The summed E-state index contributed by atoms with van der Waals surface area (Å²) in [6, 6.07) is 18.0. The first kappa shape index (κ1) is 18.8. The largest absolute Gasteiger partial charge is 0.481 e. The van der Waals surface area contributed by atoms with Gasteiger partial charge in [-0.25, -0.2) is 0 Å². The van der Waals surface area contributed by atoms with Crippen molar-refractivity contribution in [3.05, 3.63) is 60.2 Å². The van der Waals surface area contributed by atoms with Gasteiger partial charge in [0.1, 0.15) is 5.75 Å². The summed E-state index contributed by atoms with van der Waals surface area (Å²) in [5, 5.41) is 2.98. The second-order valence-electron chi connectivity index (χ2n) is 6.23. The predicted molar refractivity (Wildman–Crippen MR) is 103 cm³/mol. The van der Waals surface area contributed by atoms with E-state index < -0.39 is 6.10 Å². The Balaban J connectivity index is 1.74. The standard InChI is InChI=1S/C21H28N2O2/c1-4-20(25-19-13-8-10-17(2)16-19)21(24)22-14-9-15-23(3)18-11-6-5-7-12-18/h5-8,10-13,16,20H,4,9,14-15H2,1-3H3,(H,22,24). The molecule has 2 aromatic rings. The zero-order chi connectivity index (χ0) is 18.1. The molecule has 2 rings (SSSR count). The number of hydrogen-bond donors (Lipinski definition) is 1. The van der Waals surface area contributed by atoms with Crippen LogP contribution in [0.4, 0.5) is 5.69 Å². The summed E-state index contributed by atoms with van der Waals surface area (Å²) in [5.74, 6) is 0.692. The Morgan fingerprint density at radius 2 is 1.92 bits per heavy atom. The van der Waals surface area contributed by atoms with Gasteiger partial charge in [0.2, 0.25) is 0 Å². The summed E-state index contributed by atoms with van der Waals surface area (Å²) in [6.45, 7) is 5.50. The number of carbonyl (C=O) groups is 1. The topological polar surface area (TPSA) is 41.6 Å². The number of rotatable bonds is 9. The Labute approximate surface area is 150 Å². The minimum absolute atomic E-state index is 0.0497. The van der Waals surface area contributed by atoms with E-state index in [0.29, 0.717) is 13.0 Å². The van der Waals surface area contributed by atoms with Gasteiger partial charge in [0.05, 0.1) is 0 Å². The Morgan fingerprint density at radius 1 is 1.16 bits per heavy atom. The monoisotopic (exact) mass is 340 g/mol. The minimum Gasteiger partial charge on any atom is -0.481 e. The van der Waals surface area contributed by atoms with Gasteiger partial charge in [0.15, 0.2) is 6.10 Å². The van der Waals surface area contributed by atoms with Crippen molar-refractivity contribution in [3.8, 4) is 5.75 Å². The van der Waals surface area contributed by atoms with Crippen LogP contribution in [0.5, 0.6) is 5.75 Å². The van der Waals surface area contributed by atoms with E-state index in [4.69, 9.17) is 4.74 Å². The molecule has 0 bridgehead atoms. The van der Waals surface area contributed by atoms with Gasteiger partial charge in [-0.3, -0.25) is 4.79 Å². The molecule has 0 saturated heterocycles. The molecule has 25 heavy (non-hydrogen) atoms. The number of aryl methyl sites for hydroxylation is 1. The summed E-state index contributed by atoms with van der Waals surface area (Å²) >= 11 is 0. The van der Waals surface area contributed by atoms with Crippen LogP contribution in [0.2, 0.25) is 0 Å². The van der Waals surface area contributed by atoms with Crippen molar-refractivity contribution in [2.75, 3.05) is 25.0 Å². The normalized spacial score (nSPS) is 11.6. The third kappa shape index (κ3) is 6.14. The van der Waals surface area contributed by atoms with Crippen LogP contribution in [0.3, 0.4) is 0 Å². The maximum absolute atomic E-state index is 12.3. The van der Waals surface area contributed by atoms with Crippen molar-refractivity contribution in [2.24, 2.45) is 0 Å². The van der Waals surface area contributed by atoms with E-state index in [9.17, 15) is 4.79 Å². The number of benzene rings is 2. The Hall–Kier alpha value is -2.49. The molecule has 134 valence electrons. The quantitative estimate of drug-likeness (QED) is 0.706. The summed E-state index contributed by atoms with van der Waals surface area (Å²) in [4.78, 5) is 14.5. The van der Waals surface area contributed by atoms with Crippen LogP contribution in [0.1, 0.15) is 25.3 Å². The van der Waals surface area contributed by atoms with Gasteiger partial charge in [-0.15, -0.1) is 0 Å². The Kier molecular flexibility index (Phi) is 7.33. The lowest BCUT2D eigenvalue weighted by atomic mass is 10.2. The van der Waals surface area contributed by atoms with Crippen LogP contribution in [-0.4, -0.2) is 32.1 Å². The number of nitrogens with one attached hydrogen (secondary N) is 1. The number of anilines is 1. The third-order valence-electron chi connectivity index (χ3n) is 4.10. The van der Waals surface area contributed by atoms with E-state index in [0.717, 1.165) is 24.3 Å². The maximum atomic E-state index is 12.3. The summed E-state index contributed by atoms with van der Waals surface area (Å²) < 4.78 is 5.83. The molecular weight excluding hydrogens is 312 g/mol. The van der Waals surface area contributed by atoms with Crippen LogP contribution in [0.25, 0.3) is 0 Å². The molecule has 0 spiro atoms. The fourth-order valence-electron chi connectivity index (χ4n) is 2.63. The highest BCUT2D eigenvalue weighted by Crippen LogP contribution is 2.15. The Bertz CT molecular complexity index is 658. The van der Waals surface area contributed by atoms with E-state index >= 15 is 0 Å². The highest BCUT2D eigenvalue weighted by Gasteiger charge is 2.17. The van der Waals surface area contributed by atoms with E-state index in [2.05, 4.69) is 29.4 Å². The first-order valence-corrected chi connectivity index (χ1v) is 8.87. The molecule has 0 heterocycles. The third-order valence-corrected chi connectivity index (χ3v) is 4.10. The van der Waals surface area contributed by atoms with Crippen LogP contribution < -0.4 is 15.0 Å². The first-order valence-electron chi connectivity index (χ1n) is 8.87. The van der Waals surface area contributed by atoms with Crippen LogP contribution >= 0.6 is 0 Å². The maximum Gasteiger partial charge on any atom is 0.261 e. The lowest BCUT2D eigenvalue weighted by Gasteiger charge is -2.20. The van der Waals surface area contributed by atoms with Gasteiger partial charge in [-0.1, -0.05) is 37.3 Å². The number of para-hydroxylation sites is 1. The molecule has 0 radical (unpaired) electrons. The van der Waals surface area contributed by atoms with Gasteiger partial charge < -0.3 is 15.0 Å². The SMILES string of the molecule is CCC(Oc1cccc(C)c1)C(=O)NCCCN(C)c1ccccc1. The number of amides is 1. The minimum atomic E-state index is -0.450. The van der Waals surface area contributed by atoms with Crippen LogP contribution in [-0.2, 0) is 4.79 Å². The number of ether oxygens (including phenoxy) is 1. The average molecular weight is 340 g/mol. The van der Waals surface area contributed by atoms with Crippen LogP contribution in [0, 0.1) is 6.92 Å². The molecule has 0 fully saturated rings. The molecule has 1 atom stereocenters. The molecule has 1 amide bonds. The smallest absolute Gasteiger partial charge is 0.261 e. The highest BCUT2D eigenvalue weighted by atomic mass is 16.5. The molecule has 4 heteroatoms. The molecule has 0 saturated carbocycles. The summed E-state index contributed by atoms with van der Waals surface area (Å²) in [5.41, 5.74) is 2.31. The van der Waals surface area contributed by atoms with Crippen molar-refractivity contribution in [1.29, 1.82) is 0 Å². The molecule has 2 aromatic carbocycles. The zero-order valence-electron chi connectivity index (χ0n) is 15.4. The van der Waals surface area contributed by atoms with Crippen molar-refractivity contribution in [2.45, 2.75) is 32.8 Å². The van der Waals surface area contributed by atoms with Crippen molar-refractivity contribution in [3.63, 3.8) is 0 Å². The average Bonchev–Trinajstić information content (AvgIpc) is 2.63. The summed E-state index contributed by atoms with van der Waals surface area (Å²) in [6.07, 6.45) is 1.08. The molecule has 0 aliphatic rings. The first-order chi connectivity index (χ1) is 12.1. The van der Waals surface area contributed by atoms with Crippen LogP contribution in [0.15, 0.2) is 54.6 Å². The lowest BCUT2D eigenvalue weighted by Crippen LogP contribution is -2.39. The van der Waals surface area contributed by atoms with Gasteiger partial charge in [-0.05, 0) is 49.6 Å². The second kappa shape index (κ2) is 9.72. The van der Waals surface area contributed by atoms with Gasteiger partial charge in [-0.2, -0.15) is 0 Å². The van der Waals surface area contributed by atoms with E-state index in [-0.39, 0.29) is 5.91 Å². The lowest BCUT2D eigenvalue weighted by molar-refractivity contribution is -0.128. The number of hydrogen-bond acceptors (Lipinski definition) is 3. The number of nitrogens with zero attached hydrogens (tertiary/aromatic N) is 1. The zero-order valence-corrected chi connectivity index (χ0v) is 15.4. The summed E-state index contributed by atoms with van der Waals surface area (Å²) in [7, 11) is 2.06. The van der Waals surface area contributed by atoms with Crippen molar-refractivity contribution >= 4 is 11.6 Å². The fourth-order valence-corrected chi connectivity index (χ4v) is 2.63. The molecule has 1 N–H and O–H groups in total. The van der Waals surface area contributed by atoms with Gasteiger partial charge in [0.25, 0.3) is 5.91 Å². The second-order valence-corrected chi connectivity index (χ2v) is 6.23. The van der Waals surface area contributed by atoms with Crippen molar-refractivity contribution in [1.82, 2.24) is 5.32 Å². The predicted octanol–water partition coefficient (Wildman–Crippen LogP) is 3.80. The molecular formula is C21H28N2O2. The van der Waals surface area contributed by atoms with Gasteiger partial charge in [0, 0.05) is 25.8 Å². The van der Waals surface area contributed by atoms with E-state index in [1.54, 1.807) is 0 Å². The molecule has 0 aliphatic carbocycles. The van der Waals surface area contributed by atoms with Gasteiger partial charge >= 0.3 is 0 Å². The van der Waals surface area contributed by atoms with Crippen molar-refractivity contribution < 1.29 is 9.53 Å². The number of carbonyl (C=O) groups excluding carboxylic acids is 1. The molecule has 4 nitrogen and oxygen atoms in total. The van der Waals surface area contributed by atoms with E-state index in [1.165, 1.54) is 5.69 Å². The molecule has 0 aliphatic heterocycles. The van der Waals surface area contributed by atoms with E-state index in [1.807, 2.05) is 56.3 Å². The Morgan fingerprint density at radius 3 is 2.60 bits per heavy atom.